The number of hydrogen-bond acceptors (Lipinski definition) is 3. The number of guanidine groups is 1. The van der Waals surface area contributed by atoms with Gasteiger partial charge >= 0.3 is 0 Å². The Morgan fingerprint density at radius 1 is 1.32 bits per heavy atom. The smallest absolute Gasteiger partial charge is 0.191 e. The number of aliphatic imine (C=N–C) groups is 1. The fourth-order valence-electron chi connectivity index (χ4n) is 3.13. The van der Waals surface area contributed by atoms with Crippen LogP contribution in [0.1, 0.15) is 35.9 Å². The fourth-order valence-corrected chi connectivity index (χ4v) is 3.36. The van der Waals surface area contributed by atoms with Gasteiger partial charge in [0, 0.05) is 37.4 Å². The Morgan fingerprint density at radius 3 is 2.68 bits per heavy atom. The van der Waals surface area contributed by atoms with Gasteiger partial charge in [0.2, 0.25) is 0 Å². The average Bonchev–Trinajstić information content (AvgIpc) is 2.88. The summed E-state index contributed by atoms with van der Waals surface area (Å²) in [5.41, 5.74) is 4.65. The lowest BCUT2D eigenvalue weighted by Crippen LogP contribution is -2.43. The highest BCUT2D eigenvalue weighted by Gasteiger charge is 2.13. The van der Waals surface area contributed by atoms with Crippen molar-refractivity contribution in [1.82, 2.24) is 20.4 Å². The molecule has 1 unspecified atom stereocenters. The number of rotatable bonds is 8. The van der Waals surface area contributed by atoms with E-state index in [-0.39, 0.29) is 6.04 Å². The SMILES string of the molecule is CN=C(NCCCOc1ccc(Cl)cc1C)NC(C)Cc1c(C)nn(C)c1C. The molecule has 154 valence electrons. The quantitative estimate of drug-likeness (QED) is 0.400. The van der Waals surface area contributed by atoms with Crippen molar-refractivity contribution in [3.63, 3.8) is 0 Å². The predicted molar refractivity (Wildman–Crippen MR) is 117 cm³/mol. The van der Waals surface area contributed by atoms with Gasteiger partial charge in [-0.1, -0.05) is 11.6 Å². The number of aromatic nitrogens is 2. The van der Waals surface area contributed by atoms with Crippen LogP contribution in [0.2, 0.25) is 5.02 Å². The number of hydrogen-bond donors (Lipinski definition) is 2. The summed E-state index contributed by atoms with van der Waals surface area (Å²) in [4.78, 5) is 4.32. The van der Waals surface area contributed by atoms with Gasteiger partial charge in [-0.25, -0.2) is 0 Å². The predicted octanol–water partition coefficient (Wildman–Crippen LogP) is 3.56. The Hall–Kier alpha value is -2.21. The zero-order chi connectivity index (χ0) is 20.7. The first-order chi connectivity index (χ1) is 13.3. The Morgan fingerprint density at radius 2 is 2.07 bits per heavy atom. The minimum Gasteiger partial charge on any atom is -0.493 e. The molecule has 0 radical (unpaired) electrons. The topological polar surface area (TPSA) is 63.5 Å². The number of aryl methyl sites for hydroxylation is 3. The maximum Gasteiger partial charge on any atom is 0.191 e. The number of ether oxygens (including phenoxy) is 1. The van der Waals surface area contributed by atoms with Crippen LogP contribution in [0.25, 0.3) is 0 Å². The minimum atomic E-state index is 0.251. The molecule has 2 aromatic rings. The van der Waals surface area contributed by atoms with Crippen LogP contribution in [0, 0.1) is 20.8 Å². The van der Waals surface area contributed by atoms with Gasteiger partial charge in [-0.05, 0) is 69.9 Å². The summed E-state index contributed by atoms with van der Waals surface area (Å²) in [6.07, 6.45) is 1.78. The van der Waals surface area contributed by atoms with Gasteiger partial charge in [-0.2, -0.15) is 5.10 Å². The lowest BCUT2D eigenvalue weighted by Gasteiger charge is -2.18. The van der Waals surface area contributed by atoms with Crippen LogP contribution in [0.5, 0.6) is 5.75 Å². The van der Waals surface area contributed by atoms with E-state index in [0.29, 0.717) is 6.61 Å². The van der Waals surface area contributed by atoms with Gasteiger partial charge in [-0.15, -0.1) is 0 Å². The van der Waals surface area contributed by atoms with Crippen LogP contribution in [-0.2, 0) is 13.5 Å². The summed E-state index contributed by atoms with van der Waals surface area (Å²) < 4.78 is 7.77. The lowest BCUT2D eigenvalue weighted by atomic mass is 10.1. The first-order valence-electron chi connectivity index (χ1n) is 9.67. The van der Waals surface area contributed by atoms with E-state index in [4.69, 9.17) is 16.3 Å². The first kappa shape index (κ1) is 22.1. The summed E-state index contributed by atoms with van der Waals surface area (Å²) in [5.74, 6) is 1.68. The summed E-state index contributed by atoms with van der Waals surface area (Å²) in [6, 6.07) is 5.92. The van der Waals surface area contributed by atoms with Crippen molar-refractivity contribution in [3.8, 4) is 5.75 Å². The maximum atomic E-state index is 5.97. The second-order valence-corrected chi connectivity index (χ2v) is 7.57. The molecule has 1 atom stereocenters. The molecule has 0 fully saturated rings. The van der Waals surface area contributed by atoms with Crippen molar-refractivity contribution in [1.29, 1.82) is 0 Å². The second-order valence-electron chi connectivity index (χ2n) is 7.13. The molecule has 1 aromatic carbocycles. The Bertz CT molecular complexity index is 815. The van der Waals surface area contributed by atoms with Gasteiger partial charge in [0.05, 0.1) is 12.3 Å². The molecular formula is C21H32ClN5O. The highest BCUT2D eigenvalue weighted by molar-refractivity contribution is 6.30. The molecule has 0 spiro atoms. The average molecular weight is 406 g/mol. The largest absolute Gasteiger partial charge is 0.493 e. The van der Waals surface area contributed by atoms with Crippen molar-refractivity contribution < 1.29 is 4.74 Å². The third kappa shape index (κ3) is 6.16. The van der Waals surface area contributed by atoms with E-state index in [1.165, 1.54) is 11.3 Å². The Balaban J connectivity index is 1.73. The molecule has 0 aliphatic heterocycles. The Labute approximate surface area is 173 Å². The summed E-state index contributed by atoms with van der Waals surface area (Å²) in [5, 5.41) is 12.0. The van der Waals surface area contributed by atoms with Crippen LogP contribution in [-0.4, -0.2) is 42.0 Å². The van der Waals surface area contributed by atoms with E-state index in [1.807, 2.05) is 36.9 Å². The molecule has 28 heavy (non-hydrogen) atoms. The monoisotopic (exact) mass is 405 g/mol. The Kier molecular flexibility index (Phi) is 8.18. The molecule has 0 saturated heterocycles. The second kappa shape index (κ2) is 10.4. The van der Waals surface area contributed by atoms with Gasteiger partial charge in [0.1, 0.15) is 5.75 Å². The standard InChI is InChI=1S/C21H32ClN5O/c1-14-12-18(22)8-9-20(14)28-11-7-10-24-21(23-5)25-15(2)13-19-16(3)26-27(6)17(19)4/h8-9,12,15H,7,10-11,13H2,1-6H3,(H2,23,24,25). The van der Waals surface area contributed by atoms with E-state index in [0.717, 1.165) is 47.4 Å². The number of halogens is 1. The first-order valence-corrected chi connectivity index (χ1v) is 10.0. The number of benzene rings is 1. The summed E-state index contributed by atoms with van der Waals surface area (Å²) in [7, 11) is 3.77. The lowest BCUT2D eigenvalue weighted by molar-refractivity contribution is 0.309. The molecule has 0 bridgehead atoms. The van der Waals surface area contributed by atoms with E-state index in [9.17, 15) is 0 Å². The minimum absolute atomic E-state index is 0.251. The summed E-state index contributed by atoms with van der Waals surface area (Å²) in [6.45, 7) is 9.74. The van der Waals surface area contributed by atoms with Gasteiger partial charge in [0.15, 0.2) is 5.96 Å². The molecule has 7 heteroatoms. The zero-order valence-corrected chi connectivity index (χ0v) is 18.5. The highest BCUT2D eigenvalue weighted by Crippen LogP contribution is 2.21. The summed E-state index contributed by atoms with van der Waals surface area (Å²) >= 11 is 5.97. The molecule has 0 amide bonds. The van der Waals surface area contributed by atoms with E-state index in [2.05, 4.69) is 41.5 Å². The zero-order valence-electron chi connectivity index (χ0n) is 17.8. The molecule has 0 saturated carbocycles. The van der Waals surface area contributed by atoms with Crippen LogP contribution < -0.4 is 15.4 Å². The molecule has 0 aliphatic carbocycles. The van der Waals surface area contributed by atoms with Gasteiger partial charge in [0.25, 0.3) is 0 Å². The van der Waals surface area contributed by atoms with Crippen molar-refractivity contribution in [3.05, 3.63) is 45.7 Å². The fraction of sp³-hybridized carbons (Fsp3) is 0.524. The third-order valence-corrected chi connectivity index (χ3v) is 5.02. The normalized spacial score (nSPS) is 12.8. The van der Waals surface area contributed by atoms with E-state index in [1.54, 1.807) is 7.05 Å². The van der Waals surface area contributed by atoms with Crippen LogP contribution in [0.3, 0.4) is 0 Å². The van der Waals surface area contributed by atoms with E-state index >= 15 is 0 Å². The number of nitrogens with zero attached hydrogens (tertiary/aromatic N) is 3. The van der Waals surface area contributed by atoms with Crippen LogP contribution in [0.15, 0.2) is 23.2 Å². The van der Waals surface area contributed by atoms with Crippen molar-refractivity contribution >= 4 is 17.6 Å². The molecule has 6 nitrogen and oxygen atoms in total. The van der Waals surface area contributed by atoms with Crippen molar-refractivity contribution in [2.75, 3.05) is 20.2 Å². The van der Waals surface area contributed by atoms with Gasteiger partial charge in [-0.3, -0.25) is 9.67 Å². The molecular weight excluding hydrogens is 374 g/mol. The molecule has 1 aromatic heterocycles. The third-order valence-electron chi connectivity index (χ3n) is 4.78. The molecule has 2 rings (SSSR count). The molecule has 0 aliphatic rings. The highest BCUT2D eigenvalue weighted by atomic mass is 35.5. The van der Waals surface area contributed by atoms with Crippen molar-refractivity contribution in [2.45, 2.75) is 46.6 Å². The van der Waals surface area contributed by atoms with Crippen LogP contribution >= 0.6 is 11.6 Å². The maximum absolute atomic E-state index is 5.97. The molecule has 2 N–H and O–H groups in total. The molecule has 1 heterocycles. The van der Waals surface area contributed by atoms with E-state index < -0.39 is 0 Å². The number of nitrogens with one attached hydrogen (secondary N) is 2. The van der Waals surface area contributed by atoms with Crippen LogP contribution in [0.4, 0.5) is 0 Å². The van der Waals surface area contributed by atoms with Gasteiger partial charge < -0.3 is 15.4 Å². The van der Waals surface area contributed by atoms with Crippen molar-refractivity contribution in [2.24, 2.45) is 12.0 Å².